The molecule has 0 unspecified atom stereocenters. The summed E-state index contributed by atoms with van der Waals surface area (Å²) in [4.78, 5) is 30.5. The van der Waals surface area contributed by atoms with Crippen molar-refractivity contribution in [1.82, 2.24) is 20.4 Å². The van der Waals surface area contributed by atoms with Gasteiger partial charge in [-0.2, -0.15) is 4.98 Å². The van der Waals surface area contributed by atoms with Crippen molar-refractivity contribution in [3.05, 3.63) is 71.6 Å². The SMILES string of the molecule is COc1cccc(NC(=O)NCc2nc([C@H]3CC(=O)N(Cc4ccc(F)cc4)C3)no2)c1. The van der Waals surface area contributed by atoms with Gasteiger partial charge in [-0.3, -0.25) is 4.79 Å². The Morgan fingerprint density at radius 3 is 2.88 bits per heavy atom. The summed E-state index contributed by atoms with van der Waals surface area (Å²) in [5, 5.41) is 9.31. The van der Waals surface area contributed by atoms with Crippen molar-refractivity contribution >= 4 is 17.6 Å². The standard InChI is InChI=1S/C22H22FN5O4/c1-31-18-4-2-3-17(10-18)25-22(30)24-11-19-26-21(27-32-19)15-9-20(29)28(13-15)12-14-5-7-16(23)8-6-14/h2-8,10,15H,9,11-13H2,1H3,(H2,24,25,30)/t15-/m0/s1. The molecule has 0 aliphatic carbocycles. The monoisotopic (exact) mass is 439 g/mol. The minimum absolute atomic E-state index is 0.0264. The van der Waals surface area contributed by atoms with Crippen molar-refractivity contribution in [2.75, 3.05) is 19.0 Å². The third kappa shape index (κ3) is 5.20. The number of amides is 3. The molecule has 1 aliphatic rings. The molecule has 1 atom stereocenters. The summed E-state index contributed by atoms with van der Waals surface area (Å²) in [5.74, 6) is 0.746. The third-order valence-electron chi connectivity index (χ3n) is 5.08. The lowest BCUT2D eigenvalue weighted by Gasteiger charge is -2.16. The third-order valence-corrected chi connectivity index (χ3v) is 5.08. The van der Waals surface area contributed by atoms with Crippen LogP contribution in [0.4, 0.5) is 14.9 Å². The van der Waals surface area contributed by atoms with Crippen LogP contribution in [0.5, 0.6) is 5.75 Å². The van der Waals surface area contributed by atoms with Gasteiger partial charge < -0.3 is 24.8 Å². The Morgan fingerprint density at radius 1 is 1.28 bits per heavy atom. The quantitative estimate of drug-likeness (QED) is 0.586. The van der Waals surface area contributed by atoms with Crippen LogP contribution in [0.3, 0.4) is 0 Å². The molecule has 10 heteroatoms. The van der Waals surface area contributed by atoms with Gasteiger partial charge in [0.05, 0.1) is 13.7 Å². The van der Waals surface area contributed by atoms with Crippen LogP contribution in [0.15, 0.2) is 53.1 Å². The van der Waals surface area contributed by atoms with Crippen molar-refractivity contribution < 1.29 is 23.2 Å². The number of methoxy groups -OCH3 is 1. The maximum atomic E-state index is 13.1. The van der Waals surface area contributed by atoms with E-state index < -0.39 is 6.03 Å². The predicted octanol–water partition coefficient (Wildman–Crippen LogP) is 3.06. The molecule has 166 valence electrons. The smallest absolute Gasteiger partial charge is 0.319 e. The number of halogens is 1. The molecule has 0 bridgehead atoms. The highest BCUT2D eigenvalue weighted by molar-refractivity contribution is 5.89. The molecule has 2 aromatic carbocycles. The lowest BCUT2D eigenvalue weighted by Crippen LogP contribution is -2.28. The highest BCUT2D eigenvalue weighted by Gasteiger charge is 2.33. The van der Waals surface area contributed by atoms with Gasteiger partial charge in [-0.25, -0.2) is 9.18 Å². The van der Waals surface area contributed by atoms with E-state index in [1.54, 1.807) is 48.4 Å². The first-order valence-corrected chi connectivity index (χ1v) is 10.0. The number of carbonyl (C=O) groups excluding carboxylic acids is 2. The van der Waals surface area contributed by atoms with Crippen LogP contribution in [0.2, 0.25) is 0 Å². The van der Waals surface area contributed by atoms with E-state index in [2.05, 4.69) is 20.8 Å². The van der Waals surface area contributed by atoms with Crippen molar-refractivity contribution in [2.24, 2.45) is 0 Å². The molecule has 2 N–H and O–H groups in total. The number of likely N-dealkylation sites (tertiary alicyclic amines) is 1. The molecule has 9 nitrogen and oxygen atoms in total. The predicted molar refractivity (Wildman–Crippen MR) is 112 cm³/mol. The van der Waals surface area contributed by atoms with Gasteiger partial charge in [0.25, 0.3) is 0 Å². The molecule has 2 heterocycles. The number of ether oxygens (including phenoxy) is 1. The van der Waals surface area contributed by atoms with E-state index in [-0.39, 0.29) is 36.5 Å². The van der Waals surface area contributed by atoms with Crippen LogP contribution in [0.1, 0.15) is 29.6 Å². The summed E-state index contributed by atoms with van der Waals surface area (Å²) in [6.45, 7) is 0.883. The number of hydrogen-bond acceptors (Lipinski definition) is 6. The molecule has 3 amide bonds. The fourth-order valence-corrected chi connectivity index (χ4v) is 3.45. The van der Waals surface area contributed by atoms with E-state index in [0.29, 0.717) is 30.4 Å². The zero-order valence-electron chi connectivity index (χ0n) is 17.4. The Bertz CT molecular complexity index is 1100. The Balaban J connectivity index is 1.29. The summed E-state index contributed by atoms with van der Waals surface area (Å²) >= 11 is 0. The van der Waals surface area contributed by atoms with Gasteiger partial charge in [0, 0.05) is 37.2 Å². The summed E-state index contributed by atoms with van der Waals surface area (Å²) in [7, 11) is 1.55. The fourth-order valence-electron chi connectivity index (χ4n) is 3.45. The highest BCUT2D eigenvalue weighted by atomic mass is 19.1. The maximum absolute atomic E-state index is 13.1. The molecule has 4 rings (SSSR count). The molecular formula is C22H22FN5O4. The lowest BCUT2D eigenvalue weighted by atomic mass is 10.1. The van der Waals surface area contributed by atoms with Gasteiger partial charge in [-0.05, 0) is 29.8 Å². The molecule has 0 saturated carbocycles. The molecular weight excluding hydrogens is 417 g/mol. The van der Waals surface area contributed by atoms with Crippen LogP contribution in [-0.4, -0.2) is 40.6 Å². The largest absolute Gasteiger partial charge is 0.497 e. The molecule has 1 fully saturated rings. The number of carbonyl (C=O) groups is 2. The van der Waals surface area contributed by atoms with Crippen LogP contribution in [0.25, 0.3) is 0 Å². The van der Waals surface area contributed by atoms with Crippen LogP contribution >= 0.6 is 0 Å². The molecule has 3 aromatic rings. The van der Waals surface area contributed by atoms with Crippen molar-refractivity contribution in [1.29, 1.82) is 0 Å². The molecule has 32 heavy (non-hydrogen) atoms. The summed E-state index contributed by atoms with van der Waals surface area (Å²) < 4.78 is 23.4. The second kappa shape index (κ2) is 9.46. The molecule has 0 spiro atoms. The van der Waals surface area contributed by atoms with E-state index in [0.717, 1.165) is 5.56 Å². The average Bonchev–Trinajstić information content (AvgIpc) is 3.41. The number of nitrogens with one attached hydrogen (secondary N) is 2. The van der Waals surface area contributed by atoms with E-state index >= 15 is 0 Å². The first-order valence-electron chi connectivity index (χ1n) is 10.0. The Morgan fingerprint density at radius 2 is 2.09 bits per heavy atom. The van der Waals surface area contributed by atoms with Gasteiger partial charge in [-0.15, -0.1) is 0 Å². The molecule has 1 aliphatic heterocycles. The number of urea groups is 1. The van der Waals surface area contributed by atoms with Gasteiger partial charge in [0.1, 0.15) is 11.6 Å². The Kier molecular flexibility index (Phi) is 6.29. The number of anilines is 1. The number of aromatic nitrogens is 2. The molecule has 1 aromatic heterocycles. The summed E-state index contributed by atoms with van der Waals surface area (Å²) in [6, 6.07) is 12.6. The first-order chi connectivity index (χ1) is 15.5. The Hall–Kier alpha value is -3.95. The van der Waals surface area contributed by atoms with Crippen molar-refractivity contribution in [2.45, 2.75) is 25.4 Å². The Labute approximate surface area is 183 Å². The maximum Gasteiger partial charge on any atom is 0.319 e. The minimum atomic E-state index is -0.431. The topological polar surface area (TPSA) is 110 Å². The average molecular weight is 439 g/mol. The van der Waals surface area contributed by atoms with Crippen molar-refractivity contribution in [3.8, 4) is 5.75 Å². The zero-order valence-corrected chi connectivity index (χ0v) is 17.4. The van der Waals surface area contributed by atoms with E-state index in [1.165, 1.54) is 12.1 Å². The molecule has 1 saturated heterocycles. The number of rotatable bonds is 7. The van der Waals surface area contributed by atoms with Crippen LogP contribution < -0.4 is 15.4 Å². The minimum Gasteiger partial charge on any atom is -0.497 e. The van der Waals surface area contributed by atoms with E-state index in [1.807, 2.05) is 0 Å². The fraction of sp³-hybridized carbons (Fsp3) is 0.273. The van der Waals surface area contributed by atoms with E-state index in [9.17, 15) is 14.0 Å². The van der Waals surface area contributed by atoms with E-state index in [4.69, 9.17) is 9.26 Å². The summed E-state index contributed by atoms with van der Waals surface area (Å²) in [5.41, 5.74) is 1.43. The van der Waals surface area contributed by atoms with Crippen LogP contribution in [-0.2, 0) is 17.9 Å². The number of nitrogens with zero attached hydrogens (tertiary/aromatic N) is 3. The second-order valence-electron chi connectivity index (χ2n) is 7.39. The zero-order chi connectivity index (χ0) is 22.5. The highest BCUT2D eigenvalue weighted by Crippen LogP contribution is 2.27. The summed E-state index contributed by atoms with van der Waals surface area (Å²) in [6.07, 6.45) is 0.268. The van der Waals surface area contributed by atoms with Gasteiger partial charge in [-0.1, -0.05) is 23.4 Å². The lowest BCUT2D eigenvalue weighted by molar-refractivity contribution is -0.128. The van der Waals surface area contributed by atoms with Crippen molar-refractivity contribution in [3.63, 3.8) is 0 Å². The normalized spacial score (nSPS) is 15.6. The first kappa shape index (κ1) is 21.3. The van der Waals surface area contributed by atoms with Gasteiger partial charge in [0.2, 0.25) is 11.8 Å². The second-order valence-corrected chi connectivity index (χ2v) is 7.39. The van der Waals surface area contributed by atoms with Crippen LogP contribution in [0, 0.1) is 5.82 Å². The molecule has 0 radical (unpaired) electrons. The number of benzene rings is 2. The number of hydrogen-bond donors (Lipinski definition) is 2. The van der Waals surface area contributed by atoms with Gasteiger partial charge >= 0.3 is 6.03 Å². The van der Waals surface area contributed by atoms with Gasteiger partial charge in [0.15, 0.2) is 5.82 Å².